The molecule has 106 valence electrons. The molecule has 2 N–H and O–H groups in total. The lowest BCUT2D eigenvalue weighted by Crippen LogP contribution is -2.01. The van der Waals surface area contributed by atoms with Crippen molar-refractivity contribution in [2.24, 2.45) is 0 Å². The Morgan fingerprint density at radius 2 is 2.00 bits per heavy atom. The van der Waals surface area contributed by atoms with Crippen LogP contribution in [0.1, 0.15) is 15.4 Å². The molecule has 0 spiro atoms. The molecule has 0 saturated heterocycles. The Morgan fingerprint density at radius 1 is 1.29 bits per heavy atom. The van der Waals surface area contributed by atoms with Gasteiger partial charge in [0.05, 0.1) is 12.8 Å². The minimum absolute atomic E-state index is 0.407. The number of nitrogens with zero attached hydrogens (tertiary/aromatic N) is 1. The van der Waals surface area contributed by atoms with Crippen molar-refractivity contribution in [2.75, 3.05) is 12.8 Å². The molecule has 4 nitrogen and oxygen atoms in total. The van der Waals surface area contributed by atoms with Gasteiger partial charge in [-0.3, -0.25) is 0 Å². The number of thiophene rings is 1. The first-order chi connectivity index (χ1) is 10.1. The lowest BCUT2D eigenvalue weighted by atomic mass is 10.0. The highest BCUT2D eigenvalue weighted by Crippen LogP contribution is 2.36. The second kappa shape index (κ2) is 5.18. The van der Waals surface area contributed by atoms with Crippen molar-refractivity contribution in [1.82, 2.24) is 4.98 Å². The highest BCUT2D eigenvalue weighted by molar-refractivity contribution is 7.21. The van der Waals surface area contributed by atoms with Crippen LogP contribution in [-0.4, -0.2) is 18.1 Å². The Labute approximate surface area is 126 Å². The van der Waals surface area contributed by atoms with Crippen LogP contribution >= 0.6 is 11.3 Å². The van der Waals surface area contributed by atoms with E-state index in [1.165, 1.54) is 18.4 Å². The van der Waals surface area contributed by atoms with Crippen molar-refractivity contribution >= 4 is 33.2 Å². The monoisotopic (exact) mass is 298 g/mol. The van der Waals surface area contributed by atoms with E-state index in [0.717, 1.165) is 27.0 Å². The zero-order chi connectivity index (χ0) is 15.0. The average molecular weight is 298 g/mol. The zero-order valence-electron chi connectivity index (χ0n) is 11.7. The summed E-state index contributed by atoms with van der Waals surface area (Å²) in [5.74, 6) is -0.422. The maximum atomic E-state index is 11.7. The summed E-state index contributed by atoms with van der Waals surface area (Å²) in [5.41, 5.74) is 9.52. The summed E-state index contributed by atoms with van der Waals surface area (Å²) in [6, 6.07) is 12.0. The second-order valence-corrected chi connectivity index (χ2v) is 5.68. The topological polar surface area (TPSA) is 65.2 Å². The van der Waals surface area contributed by atoms with E-state index in [1.807, 2.05) is 43.3 Å². The fourth-order valence-electron chi connectivity index (χ4n) is 2.28. The molecule has 2 heterocycles. The highest BCUT2D eigenvalue weighted by atomic mass is 32.1. The summed E-state index contributed by atoms with van der Waals surface area (Å²) < 4.78 is 4.76. The van der Waals surface area contributed by atoms with E-state index >= 15 is 0 Å². The molecule has 21 heavy (non-hydrogen) atoms. The van der Waals surface area contributed by atoms with E-state index in [9.17, 15) is 4.79 Å². The van der Waals surface area contributed by atoms with Crippen molar-refractivity contribution in [3.05, 3.63) is 47.0 Å². The molecule has 0 atom stereocenters. The summed E-state index contributed by atoms with van der Waals surface area (Å²) in [4.78, 5) is 17.5. The van der Waals surface area contributed by atoms with Crippen LogP contribution in [0.25, 0.3) is 21.3 Å². The number of esters is 1. The van der Waals surface area contributed by atoms with Gasteiger partial charge in [0.1, 0.15) is 9.71 Å². The molecular formula is C16H14N2O2S. The van der Waals surface area contributed by atoms with Crippen LogP contribution < -0.4 is 5.73 Å². The zero-order valence-corrected chi connectivity index (χ0v) is 12.5. The molecule has 0 radical (unpaired) electrons. The lowest BCUT2D eigenvalue weighted by Gasteiger charge is -2.05. The summed E-state index contributed by atoms with van der Waals surface area (Å²) in [7, 11) is 1.35. The molecule has 0 aliphatic heterocycles. The Hall–Kier alpha value is -2.40. The van der Waals surface area contributed by atoms with Gasteiger partial charge in [-0.15, -0.1) is 11.3 Å². The third-order valence-electron chi connectivity index (χ3n) is 3.37. The first-order valence-corrected chi connectivity index (χ1v) is 7.27. The first kappa shape index (κ1) is 13.6. The number of aryl methyl sites for hydroxylation is 1. The Morgan fingerprint density at radius 3 is 2.67 bits per heavy atom. The number of nitrogen functional groups attached to an aromatic ring is 1. The molecule has 0 amide bonds. The number of aromatic nitrogens is 1. The van der Waals surface area contributed by atoms with Crippen LogP contribution in [0.15, 0.2) is 36.4 Å². The molecule has 5 heteroatoms. The van der Waals surface area contributed by atoms with E-state index in [2.05, 4.69) is 4.98 Å². The van der Waals surface area contributed by atoms with E-state index in [4.69, 9.17) is 10.5 Å². The largest absolute Gasteiger partial charge is 0.465 e. The van der Waals surface area contributed by atoms with E-state index in [1.54, 1.807) is 0 Å². The molecule has 0 fully saturated rings. The van der Waals surface area contributed by atoms with Gasteiger partial charge in [0, 0.05) is 16.6 Å². The molecule has 2 aromatic heterocycles. The summed E-state index contributed by atoms with van der Waals surface area (Å²) >= 11 is 1.26. The number of methoxy groups -OCH3 is 1. The van der Waals surface area contributed by atoms with Crippen molar-refractivity contribution in [3.63, 3.8) is 0 Å². The quantitative estimate of drug-likeness (QED) is 0.734. The van der Waals surface area contributed by atoms with Crippen LogP contribution in [-0.2, 0) is 4.74 Å². The van der Waals surface area contributed by atoms with E-state index < -0.39 is 5.97 Å². The van der Waals surface area contributed by atoms with Crippen LogP contribution in [0, 0.1) is 6.92 Å². The molecule has 3 aromatic rings. The van der Waals surface area contributed by atoms with Crippen molar-refractivity contribution in [1.29, 1.82) is 0 Å². The number of hydrogen-bond donors (Lipinski definition) is 1. The molecule has 0 unspecified atom stereocenters. The number of fused-ring (bicyclic) bond motifs is 1. The fraction of sp³-hybridized carbons (Fsp3) is 0.125. The molecule has 0 aliphatic carbocycles. The van der Waals surface area contributed by atoms with Gasteiger partial charge in [-0.05, 0) is 18.6 Å². The summed E-state index contributed by atoms with van der Waals surface area (Å²) in [6.45, 7) is 1.95. The number of ether oxygens (including phenoxy) is 1. The molecule has 0 saturated carbocycles. The second-order valence-electron chi connectivity index (χ2n) is 4.68. The van der Waals surface area contributed by atoms with Gasteiger partial charge < -0.3 is 10.5 Å². The van der Waals surface area contributed by atoms with E-state index in [0.29, 0.717) is 10.6 Å². The molecule has 1 aromatic carbocycles. The fourth-order valence-corrected chi connectivity index (χ4v) is 3.32. The predicted molar refractivity (Wildman–Crippen MR) is 85.5 cm³/mol. The SMILES string of the molecule is COC(=O)c1sc2nc(C)c(-c3ccccc3)cc2c1N. The molecule has 0 aliphatic rings. The molecule has 3 rings (SSSR count). The lowest BCUT2D eigenvalue weighted by molar-refractivity contribution is 0.0607. The normalized spacial score (nSPS) is 10.8. The van der Waals surface area contributed by atoms with Gasteiger partial charge in [0.25, 0.3) is 0 Å². The van der Waals surface area contributed by atoms with E-state index in [-0.39, 0.29) is 0 Å². The average Bonchev–Trinajstić information content (AvgIpc) is 2.83. The first-order valence-electron chi connectivity index (χ1n) is 6.45. The van der Waals surface area contributed by atoms with Crippen LogP contribution in [0.4, 0.5) is 5.69 Å². The van der Waals surface area contributed by atoms with Crippen molar-refractivity contribution in [3.8, 4) is 11.1 Å². The third kappa shape index (κ3) is 2.25. The Balaban J connectivity index is 2.24. The summed E-state index contributed by atoms with van der Waals surface area (Å²) in [6.07, 6.45) is 0. The Bertz CT molecular complexity index is 825. The van der Waals surface area contributed by atoms with Gasteiger partial charge in [-0.2, -0.15) is 0 Å². The predicted octanol–water partition coefficient (Wildman–Crippen LogP) is 3.64. The van der Waals surface area contributed by atoms with Crippen LogP contribution in [0.5, 0.6) is 0 Å². The highest BCUT2D eigenvalue weighted by Gasteiger charge is 2.19. The number of rotatable bonds is 2. The smallest absolute Gasteiger partial charge is 0.350 e. The van der Waals surface area contributed by atoms with Crippen LogP contribution in [0.3, 0.4) is 0 Å². The number of nitrogens with two attached hydrogens (primary N) is 1. The number of benzene rings is 1. The van der Waals surface area contributed by atoms with Gasteiger partial charge in [0.2, 0.25) is 0 Å². The minimum Gasteiger partial charge on any atom is -0.465 e. The van der Waals surface area contributed by atoms with Gasteiger partial charge in [-0.1, -0.05) is 30.3 Å². The van der Waals surface area contributed by atoms with Crippen molar-refractivity contribution in [2.45, 2.75) is 6.92 Å². The number of carbonyl (C=O) groups excluding carboxylic acids is 1. The maximum absolute atomic E-state index is 11.7. The molecular weight excluding hydrogens is 284 g/mol. The maximum Gasteiger partial charge on any atom is 0.350 e. The number of pyridine rings is 1. The third-order valence-corrected chi connectivity index (χ3v) is 4.46. The Kier molecular flexibility index (Phi) is 3.35. The van der Waals surface area contributed by atoms with Crippen LogP contribution in [0.2, 0.25) is 0 Å². The van der Waals surface area contributed by atoms with Gasteiger partial charge in [-0.25, -0.2) is 9.78 Å². The minimum atomic E-state index is -0.422. The van der Waals surface area contributed by atoms with Crippen molar-refractivity contribution < 1.29 is 9.53 Å². The summed E-state index contributed by atoms with van der Waals surface area (Å²) in [5, 5.41) is 0.796. The van der Waals surface area contributed by atoms with Gasteiger partial charge in [0.15, 0.2) is 0 Å². The molecule has 0 bridgehead atoms. The number of hydrogen-bond acceptors (Lipinski definition) is 5. The number of anilines is 1. The van der Waals surface area contributed by atoms with Gasteiger partial charge >= 0.3 is 5.97 Å². The number of carbonyl (C=O) groups is 1. The standard InChI is InChI=1S/C16H14N2O2S/c1-9-11(10-6-4-3-5-7-10)8-12-13(17)14(16(19)20-2)21-15(12)18-9/h3-8H,17H2,1-2H3.